The molecule has 92 valence electrons. The fourth-order valence-corrected chi connectivity index (χ4v) is 2.00. The fraction of sp³-hybridized carbons (Fsp3) is 0.188. The van der Waals surface area contributed by atoms with Gasteiger partial charge in [-0.2, -0.15) is 0 Å². The molecule has 0 saturated heterocycles. The van der Waals surface area contributed by atoms with Crippen molar-refractivity contribution in [2.45, 2.75) is 19.4 Å². The quantitative estimate of drug-likeness (QED) is 0.739. The van der Waals surface area contributed by atoms with E-state index >= 15 is 0 Å². The number of carbonyl (C=O) groups is 1. The van der Waals surface area contributed by atoms with Gasteiger partial charge in [0, 0.05) is 0 Å². The van der Waals surface area contributed by atoms with Gasteiger partial charge < -0.3 is 4.74 Å². The Bertz CT molecular complexity index is 488. The molecular weight excluding hydrogens is 224 g/mol. The van der Waals surface area contributed by atoms with Crippen LogP contribution >= 0.6 is 0 Å². The van der Waals surface area contributed by atoms with E-state index in [4.69, 9.17) is 4.74 Å². The Balaban J connectivity index is 2.22. The summed E-state index contributed by atoms with van der Waals surface area (Å²) in [5.41, 5.74) is 3.39. The summed E-state index contributed by atoms with van der Waals surface area (Å²) in [6.07, 6.45) is 0.635. The molecule has 2 nitrogen and oxygen atoms in total. The van der Waals surface area contributed by atoms with Crippen LogP contribution in [0.4, 0.5) is 0 Å². The average molecular weight is 240 g/mol. The van der Waals surface area contributed by atoms with E-state index in [-0.39, 0.29) is 6.10 Å². The van der Waals surface area contributed by atoms with Crippen molar-refractivity contribution >= 4 is 6.47 Å². The molecule has 2 heteroatoms. The summed E-state index contributed by atoms with van der Waals surface area (Å²) >= 11 is 0. The first kappa shape index (κ1) is 12.4. The fourth-order valence-electron chi connectivity index (χ4n) is 2.00. The minimum atomic E-state index is -0.146. The van der Waals surface area contributed by atoms with E-state index in [2.05, 4.69) is 24.3 Å². The number of hydrogen-bond acceptors (Lipinski definition) is 2. The molecule has 0 aliphatic rings. The van der Waals surface area contributed by atoms with Crippen LogP contribution in [0.1, 0.15) is 25.0 Å². The predicted molar refractivity (Wildman–Crippen MR) is 72.1 cm³/mol. The van der Waals surface area contributed by atoms with Crippen molar-refractivity contribution in [3.05, 3.63) is 60.2 Å². The van der Waals surface area contributed by atoms with Gasteiger partial charge in [0.05, 0.1) is 0 Å². The predicted octanol–water partition coefficient (Wildman–Crippen LogP) is 3.98. The first-order chi connectivity index (χ1) is 8.85. The van der Waals surface area contributed by atoms with Crippen molar-refractivity contribution in [2.24, 2.45) is 0 Å². The molecule has 0 aliphatic carbocycles. The van der Waals surface area contributed by atoms with Crippen LogP contribution in [0.3, 0.4) is 0 Å². The highest BCUT2D eigenvalue weighted by atomic mass is 16.5. The van der Waals surface area contributed by atoms with E-state index in [9.17, 15) is 4.79 Å². The highest BCUT2D eigenvalue weighted by Crippen LogP contribution is 2.24. The van der Waals surface area contributed by atoms with Crippen LogP contribution in [-0.4, -0.2) is 6.47 Å². The number of benzene rings is 2. The van der Waals surface area contributed by atoms with E-state index in [1.807, 2.05) is 37.3 Å². The minimum Gasteiger partial charge on any atom is -0.460 e. The van der Waals surface area contributed by atoms with Crippen molar-refractivity contribution in [2.75, 3.05) is 0 Å². The lowest BCUT2D eigenvalue weighted by Gasteiger charge is -2.13. The van der Waals surface area contributed by atoms with E-state index in [1.54, 1.807) is 0 Å². The Labute approximate surface area is 107 Å². The van der Waals surface area contributed by atoms with Crippen LogP contribution in [-0.2, 0) is 9.53 Å². The molecule has 0 saturated carbocycles. The van der Waals surface area contributed by atoms with Crippen LogP contribution in [0.15, 0.2) is 54.6 Å². The normalized spacial score (nSPS) is 11.8. The topological polar surface area (TPSA) is 26.3 Å². The van der Waals surface area contributed by atoms with Crippen LogP contribution in [0.25, 0.3) is 11.1 Å². The Hall–Kier alpha value is -2.09. The molecule has 0 amide bonds. The van der Waals surface area contributed by atoms with E-state index in [0.29, 0.717) is 6.47 Å². The Morgan fingerprint density at radius 3 is 2.17 bits per heavy atom. The third-order valence-corrected chi connectivity index (χ3v) is 2.98. The standard InChI is InChI=1S/C16H16O2/c1-2-16(18-12-17)15-10-8-14(9-11-15)13-6-4-3-5-7-13/h3-12,16H,2H2,1H3. The van der Waals surface area contributed by atoms with Gasteiger partial charge in [-0.05, 0) is 23.1 Å². The lowest BCUT2D eigenvalue weighted by Crippen LogP contribution is -2.01. The second-order valence-electron chi connectivity index (χ2n) is 4.12. The van der Waals surface area contributed by atoms with Gasteiger partial charge in [0.15, 0.2) is 0 Å². The molecule has 0 N–H and O–H groups in total. The van der Waals surface area contributed by atoms with Crippen LogP contribution in [0.2, 0.25) is 0 Å². The maximum atomic E-state index is 10.4. The zero-order valence-electron chi connectivity index (χ0n) is 10.4. The van der Waals surface area contributed by atoms with E-state index < -0.39 is 0 Å². The second kappa shape index (κ2) is 6.01. The lowest BCUT2D eigenvalue weighted by atomic mass is 10.0. The smallest absolute Gasteiger partial charge is 0.293 e. The molecule has 0 fully saturated rings. The molecule has 0 radical (unpaired) electrons. The monoisotopic (exact) mass is 240 g/mol. The first-order valence-corrected chi connectivity index (χ1v) is 6.09. The van der Waals surface area contributed by atoms with Crippen molar-refractivity contribution in [1.82, 2.24) is 0 Å². The molecule has 0 heterocycles. The van der Waals surface area contributed by atoms with E-state index in [0.717, 1.165) is 12.0 Å². The van der Waals surface area contributed by atoms with Gasteiger partial charge >= 0.3 is 0 Å². The summed E-state index contributed by atoms with van der Waals surface area (Å²) in [5.74, 6) is 0. The molecule has 2 rings (SSSR count). The highest BCUT2D eigenvalue weighted by Gasteiger charge is 2.09. The lowest BCUT2D eigenvalue weighted by molar-refractivity contribution is -0.134. The van der Waals surface area contributed by atoms with Gasteiger partial charge in [0.25, 0.3) is 6.47 Å². The Morgan fingerprint density at radius 2 is 1.61 bits per heavy atom. The van der Waals surface area contributed by atoms with Crippen molar-refractivity contribution in [1.29, 1.82) is 0 Å². The molecular formula is C16H16O2. The third kappa shape index (κ3) is 2.77. The molecule has 2 aromatic rings. The molecule has 0 bridgehead atoms. The number of rotatable bonds is 5. The molecule has 0 aliphatic heterocycles. The summed E-state index contributed by atoms with van der Waals surface area (Å²) in [7, 11) is 0. The van der Waals surface area contributed by atoms with Crippen molar-refractivity contribution < 1.29 is 9.53 Å². The highest BCUT2D eigenvalue weighted by molar-refractivity contribution is 5.63. The summed E-state index contributed by atoms with van der Waals surface area (Å²) in [6.45, 7) is 2.51. The van der Waals surface area contributed by atoms with Gasteiger partial charge in [-0.3, -0.25) is 4.79 Å². The number of carbonyl (C=O) groups excluding carboxylic acids is 1. The first-order valence-electron chi connectivity index (χ1n) is 6.09. The van der Waals surface area contributed by atoms with Crippen LogP contribution in [0.5, 0.6) is 0 Å². The van der Waals surface area contributed by atoms with Gasteiger partial charge in [0.1, 0.15) is 6.10 Å². The summed E-state index contributed by atoms with van der Waals surface area (Å²) in [6, 6.07) is 18.3. The number of ether oxygens (including phenoxy) is 1. The largest absolute Gasteiger partial charge is 0.460 e. The number of hydrogen-bond donors (Lipinski definition) is 0. The summed E-state index contributed by atoms with van der Waals surface area (Å²) in [5, 5.41) is 0. The zero-order chi connectivity index (χ0) is 12.8. The maximum absolute atomic E-state index is 10.4. The zero-order valence-corrected chi connectivity index (χ0v) is 10.4. The van der Waals surface area contributed by atoms with Gasteiger partial charge in [-0.25, -0.2) is 0 Å². The van der Waals surface area contributed by atoms with Crippen molar-refractivity contribution in [3.63, 3.8) is 0 Å². The summed E-state index contributed by atoms with van der Waals surface area (Å²) < 4.78 is 5.04. The maximum Gasteiger partial charge on any atom is 0.293 e. The van der Waals surface area contributed by atoms with Gasteiger partial charge in [-0.1, -0.05) is 61.5 Å². The molecule has 1 unspecified atom stereocenters. The average Bonchev–Trinajstić information content (AvgIpc) is 2.46. The molecule has 0 aromatic heterocycles. The molecule has 0 spiro atoms. The van der Waals surface area contributed by atoms with Crippen molar-refractivity contribution in [3.8, 4) is 11.1 Å². The molecule has 18 heavy (non-hydrogen) atoms. The van der Waals surface area contributed by atoms with Crippen LogP contribution in [0, 0.1) is 0 Å². The van der Waals surface area contributed by atoms with Gasteiger partial charge in [0.2, 0.25) is 0 Å². The summed E-state index contributed by atoms with van der Waals surface area (Å²) in [4.78, 5) is 10.4. The molecule has 1 atom stereocenters. The van der Waals surface area contributed by atoms with E-state index in [1.165, 1.54) is 11.1 Å². The minimum absolute atomic E-state index is 0.146. The third-order valence-electron chi connectivity index (χ3n) is 2.98. The SMILES string of the molecule is CCC(OC=O)c1ccc(-c2ccccc2)cc1. The van der Waals surface area contributed by atoms with Crippen LogP contribution < -0.4 is 0 Å². The van der Waals surface area contributed by atoms with Gasteiger partial charge in [-0.15, -0.1) is 0 Å². The second-order valence-corrected chi connectivity index (χ2v) is 4.12. The Morgan fingerprint density at radius 1 is 1.00 bits per heavy atom. The molecule has 2 aromatic carbocycles. The Kier molecular flexibility index (Phi) is 4.13.